The van der Waals surface area contributed by atoms with Crippen molar-refractivity contribution in [2.24, 2.45) is 5.41 Å². The van der Waals surface area contributed by atoms with Crippen LogP contribution in [0.1, 0.15) is 39.5 Å². The van der Waals surface area contributed by atoms with Crippen LogP contribution >= 0.6 is 0 Å². The van der Waals surface area contributed by atoms with Gasteiger partial charge >= 0.3 is 0 Å². The first-order valence-corrected chi connectivity index (χ1v) is 8.01. The molecule has 0 aliphatic heterocycles. The second kappa shape index (κ2) is 5.09. The van der Waals surface area contributed by atoms with E-state index in [-0.39, 0.29) is 16.4 Å². The Hall–Kier alpha value is -1.14. The van der Waals surface area contributed by atoms with Gasteiger partial charge in [-0.05, 0) is 18.3 Å². The topological polar surface area (TPSA) is 79.0 Å². The van der Waals surface area contributed by atoms with Crippen molar-refractivity contribution in [1.82, 2.24) is 9.71 Å². The molecule has 1 atom stereocenters. The maximum atomic E-state index is 12.3. The van der Waals surface area contributed by atoms with Gasteiger partial charge in [-0.2, -0.15) is 0 Å². The molecule has 2 rings (SSSR count). The molecule has 106 valence electrons. The Bertz CT molecular complexity index is 604. The number of sulfonamides is 1. The molecule has 0 amide bonds. The van der Waals surface area contributed by atoms with Gasteiger partial charge in [-0.15, -0.1) is 0 Å². The largest absolute Gasteiger partial charge is 0.366 e. The summed E-state index contributed by atoms with van der Waals surface area (Å²) in [5.74, 6) is 0. The van der Waals surface area contributed by atoms with Crippen molar-refractivity contribution in [2.75, 3.05) is 0 Å². The Morgan fingerprint density at radius 2 is 2.11 bits per heavy atom. The van der Waals surface area contributed by atoms with Gasteiger partial charge < -0.3 is 4.98 Å². The number of pyridine rings is 1. The molecule has 5 nitrogen and oxygen atoms in total. The normalized spacial score (nSPS) is 23.2. The Morgan fingerprint density at radius 3 is 2.74 bits per heavy atom. The third-order valence-electron chi connectivity index (χ3n) is 3.88. The summed E-state index contributed by atoms with van der Waals surface area (Å²) >= 11 is 0. The van der Waals surface area contributed by atoms with Crippen LogP contribution < -0.4 is 10.2 Å². The Labute approximate surface area is 113 Å². The van der Waals surface area contributed by atoms with Crippen molar-refractivity contribution < 1.29 is 8.42 Å². The van der Waals surface area contributed by atoms with E-state index in [4.69, 9.17) is 0 Å². The smallest absolute Gasteiger partial charge is 0.246 e. The first kappa shape index (κ1) is 14.3. The van der Waals surface area contributed by atoms with Crippen LogP contribution in [0.5, 0.6) is 0 Å². The maximum absolute atomic E-state index is 12.3. The van der Waals surface area contributed by atoms with Gasteiger partial charge in [-0.25, -0.2) is 13.1 Å². The minimum Gasteiger partial charge on any atom is -0.366 e. The van der Waals surface area contributed by atoms with Crippen LogP contribution in [0.25, 0.3) is 0 Å². The SMILES string of the molecule is CC1(C)CCCCC1NS(=O)(=O)c1c[nH]ccc1=O. The van der Waals surface area contributed by atoms with Crippen molar-refractivity contribution in [2.45, 2.75) is 50.5 Å². The molecule has 1 unspecified atom stereocenters. The van der Waals surface area contributed by atoms with E-state index in [0.717, 1.165) is 25.7 Å². The van der Waals surface area contributed by atoms with Gasteiger partial charge in [0.25, 0.3) is 0 Å². The summed E-state index contributed by atoms with van der Waals surface area (Å²) in [5, 5.41) is 0. The molecule has 1 fully saturated rings. The fraction of sp³-hybridized carbons (Fsp3) is 0.615. The minimum absolute atomic E-state index is 0.0765. The number of H-pyrrole nitrogens is 1. The summed E-state index contributed by atoms with van der Waals surface area (Å²) in [7, 11) is -3.76. The molecular formula is C13H20N2O3S. The van der Waals surface area contributed by atoms with Crippen molar-refractivity contribution >= 4 is 10.0 Å². The second-order valence-corrected chi connectivity index (χ2v) is 7.46. The Balaban J connectivity index is 2.27. The van der Waals surface area contributed by atoms with Crippen LogP contribution in [0.4, 0.5) is 0 Å². The number of hydrogen-bond donors (Lipinski definition) is 2. The highest BCUT2D eigenvalue weighted by atomic mass is 32.2. The fourth-order valence-electron chi connectivity index (χ4n) is 2.57. The highest BCUT2D eigenvalue weighted by Crippen LogP contribution is 2.35. The van der Waals surface area contributed by atoms with Crippen molar-refractivity contribution in [3.63, 3.8) is 0 Å². The van der Waals surface area contributed by atoms with Gasteiger partial charge in [0.05, 0.1) is 0 Å². The van der Waals surface area contributed by atoms with E-state index >= 15 is 0 Å². The molecule has 6 heteroatoms. The lowest BCUT2D eigenvalue weighted by Gasteiger charge is -2.38. The molecule has 1 saturated carbocycles. The van der Waals surface area contributed by atoms with Gasteiger partial charge in [-0.1, -0.05) is 26.7 Å². The predicted octanol–water partition coefficient (Wildman–Crippen LogP) is 1.62. The second-order valence-electron chi connectivity index (χ2n) is 5.78. The molecule has 0 radical (unpaired) electrons. The summed E-state index contributed by atoms with van der Waals surface area (Å²) < 4.78 is 27.3. The number of hydrogen-bond acceptors (Lipinski definition) is 3. The molecule has 0 spiro atoms. The van der Waals surface area contributed by atoms with Crippen molar-refractivity contribution in [3.8, 4) is 0 Å². The molecular weight excluding hydrogens is 264 g/mol. The molecule has 1 aromatic heterocycles. The molecule has 0 bridgehead atoms. The number of aromatic amines is 1. The quantitative estimate of drug-likeness (QED) is 0.885. The van der Waals surface area contributed by atoms with Gasteiger partial charge in [0.1, 0.15) is 4.90 Å². The molecule has 1 aliphatic carbocycles. The standard InChI is InChI=1S/C13H20N2O3S/c1-13(2)7-4-3-5-12(13)15-19(17,18)11-9-14-8-6-10(11)16/h6,8-9,12,15H,3-5,7H2,1-2H3,(H,14,16). The average molecular weight is 284 g/mol. The molecule has 2 N–H and O–H groups in total. The minimum atomic E-state index is -3.76. The zero-order valence-electron chi connectivity index (χ0n) is 11.3. The van der Waals surface area contributed by atoms with Gasteiger partial charge in [0.2, 0.25) is 15.5 Å². The number of rotatable bonds is 3. The Morgan fingerprint density at radius 1 is 1.37 bits per heavy atom. The molecule has 1 aliphatic rings. The van der Waals surface area contributed by atoms with E-state index in [9.17, 15) is 13.2 Å². The lowest BCUT2D eigenvalue weighted by Crippen LogP contribution is -2.47. The van der Waals surface area contributed by atoms with E-state index in [1.807, 2.05) is 0 Å². The van der Waals surface area contributed by atoms with Crippen LogP contribution in [-0.4, -0.2) is 19.4 Å². The third-order valence-corrected chi connectivity index (χ3v) is 5.38. The first-order valence-electron chi connectivity index (χ1n) is 6.52. The van der Waals surface area contributed by atoms with Crippen LogP contribution in [0.15, 0.2) is 28.2 Å². The average Bonchev–Trinajstić information content (AvgIpc) is 2.32. The molecule has 19 heavy (non-hydrogen) atoms. The highest BCUT2D eigenvalue weighted by molar-refractivity contribution is 7.89. The number of nitrogens with one attached hydrogen (secondary N) is 2. The van der Waals surface area contributed by atoms with Crippen LogP contribution in [0.3, 0.4) is 0 Å². The summed E-state index contributed by atoms with van der Waals surface area (Å²) in [6.45, 7) is 4.13. The summed E-state index contributed by atoms with van der Waals surface area (Å²) in [4.78, 5) is 14.1. The van der Waals surface area contributed by atoms with Gasteiger partial charge in [0, 0.05) is 24.5 Å². The predicted molar refractivity (Wildman–Crippen MR) is 73.4 cm³/mol. The molecule has 1 aromatic rings. The monoisotopic (exact) mass is 284 g/mol. The zero-order chi connectivity index (χ0) is 14.1. The maximum Gasteiger partial charge on any atom is 0.246 e. The van der Waals surface area contributed by atoms with Crippen molar-refractivity contribution in [3.05, 3.63) is 28.7 Å². The first-order chi connectivity index (χ1) is 8.83. The van der Waals surface area contributed by atoms with E-state index in [1.165, 1.54) is 18.5 Å². The lowest BCUT2D eigenvalue weighted by molar-refractivity contribution is 0.188. The van der Waals surface area contributed by atoms with Crippen LogP contribution in [0.2, 0.25) is 0 Å². The van der Waals surface area contributed by atoms with Crippen molar-refractivity contribution in [1.29, 1.82) is 0 Å². The van der Waals surface area contributed by atoms with Gasteiger partial charge in [-0.3, -0.25) is 4.79 Å². The van der Waals surface area contributed by atoms with E-state index in [2.05, 4.69) is 23.6 Å². The fourth-order valence-corrected chi connectivity index (χ4v) is 4.07. The molecule has 0 aromatic carbocycles. The van der Waals surface area contributed by atoms with Crippen LogP contribution in [-0.2, 0) is 10.0 Å². The number of aromatic nitrogens is 1. The molecule has 1 heterocycles. The van der Waals surface area contributed by atoms with Crippen LogP contribution in [0, 0.1) is 5.41 Å². The summed E-state index contributed by atoms with van der Waals surface area (Å²) in [5.41, 5.74) is -0.563. The summed E-state index contributed by atoms with van der Waals surface area (Å²) in [6, 6.07) is 1.10. The van der Waals surface area contributed by atoms with Gasteiger partial charge in [0.15, 0.2) is 0 Å². The zero-order valence-corrected chi connectivity index (χ0v) is 12.1. The van der Waals surface area contributed by atoms with E-state index in [1.54, 1.807) is 0 Å². The summed E-state index contributed by atoms with van der Waals surface area (Å²) in [6.07, 6.45) is 6.60. The third kappa shape index (κ3) is 3.06. The van der Waals surface area contributed by atoms with E-state index in [0.29, 0.717) is 0 Å². The molecule has 0 saturated heterocycles. The van der Waals surface area contributed by atoms with E-state index < -0.39 is 15.5 Å². The lowest BCUT2D eigenvalue weighted by atomic mass is 9.74. The highest BCUT2D eigenvalue weighted by Gasteiger charge is 2.35. The Kier molecular flexibility index (Phi) is 3.82.